The zero-order valence-corrected chi connectivity index (χ0v) is 10.4. The van der Waals surface area contributed by atoms with Gasteiger partial charge in [-0.05, 0) is 0 Å². The number of hydrogen-bond acceptors (Lipinski definition) is 5. The smallest absolute Gasteiger partial charge is 0.326 e. The molecule has 0 saturated carbocycles. The van der Waals surface area contributed by atoms with Crippen LogP contribution in [-0.2, 0) is 9.59 Å². The van der Waals surface area contributed by atoms with E-state index < -0.39 is 24.0 Å². The molecule has 0 aromatic carbocycles. The monoisotopic (exact) mass is 265 g/mol. The Kier molecular flexibility index (Phi) is 4.94. The third-order valence-corrected chi connectivity index (χ3v) is 3.52. The largest absolute Gasteiger partial charge is 0.480 e. The fraction of sp³-hybridized carbons (Fsp3) is 0.778. The van der Waals surface area contributed by atoms with Gasteiger partial charge in [0.1, 0.15) is 6.04 Å². The molecule has 1 rings (SSSR count). The number of thiol groups is 2. The molecule has 7 heteroatoms. The molecule has 1 saturated heterocycles. The number of aliphatic carboxylic acids is 1. The molecule has 16 heavy (non-hydrogen) atoms. The van der Waals surface area contributed by atoms with Crippen LogP contribution in [0.1, 0.15) is 6.42 Å². The highest BCUT2D eigenvalue weighted by Crippen LogP contribution is 2.21. The second kappa shape index (κ2) is 5.79. The fourth-order valence-electron chi connectivity index (χ4n) is 1.74. The summed E-state index contributed by atoms with van der Waals surface area (Å²) in [5.41, 5.74) is 0. The van der Waals surface area contributed by atoms with Crippen molar-refractivity contribution >= 4 is 37.1 Å². The van der Waals surface area contributed by atoms with Crippen molar-refractivity contribution in [1.29, 1.82) is 0 Å². The van der Waals surface area contributed by atoms with Crippen molar-refractivity contribution in [3.05, 3.63) is 0 Å². The first-order chi connectivity index (χ1) is 7.51. The van der Waals surface area contributed by atoms with Crippen molar-refractivity contribution in [3.8, 4) is 0 Å². The highest BCUT2D eigenvalue weighted by molar-refractivity contribution is 7.81. The van der Waals surface area contributed by atoms with E-state index in [1.165, 1.54) is 4.90 Å². The van der Waals surface area contributed by atoms with Crippen LogP contribution < -0.4 is 0 Å². The van der Waals surface area contributed by atoms with E-state index >= 15 is 0 Å². The number of nitrogens with zero attached hydrogens (tertiary/aromatic N) is 1. The van der Waals surface area contributed by atoms with Gasteiger partial charge in [-0.15, -0.1) is 0 Å². The molecule has 1 aliphatic heterocycles. The standard InChI is InChI=1S/C9H15NO4S2/c11-6-1-7(9(13)14)10(2-6)8(12)5(3-15)4-16/h5-7,11,15-16H,1-4H2,(H,13,14)/t6?,7-/m0/s1. The Morgan fingerprint density at radius 2 is 1.94 bits per heavy atom. The van der Waals surface area contributed by atoms with Crippen molar-refractivity contribution in [2.45, 2.75) is 18.6 Å². The molecule has 0 spiro atoms. The molecule has 1 unspecified atom stereocenters. The van der Waals surface area contributed by atoms with Crippen LogP contribution in [0.5, 0.6) is 0 Å². The molecule has 0 radical (unpaired) electrons. The van der Waals surface area contributed by atoms with Gasteiger partial charge >= 0.3 is 5.97 Å². The average Bonchev–Trinajstić information content (AvgIpc) is 2.62. The van der Waals surface area contributed by atoms with Gasteiger partial charge in [-0.1, -0.05) is 0 Å². The number of likely N-dealkylation sites (tertiary alicyclic amines) is 1. The minimum absolute atomic E-state index is 0.0772. The highest BCUT2D eigenvalue weighted by atomic mass is 32.1. The lowest BCUT2D eigenvalue weighted by atomic mass is 10.1. The maximum atomic E-state index is 11.9. The number of carbonyl (C=O) groups excluding carboxylic acids is 1. The van der Waals surface area contributed by atoms with E-state index in [9.17, 15) is 14.7 Å². The normalized spacial score (nSPS) is 25.1. The van der Waals surface area contributed by atoms with Crippen LogP contribution >= 0.6 is 25.3 Å². The molecule has 2 N–H and O–H groups in total. The maximum absolute atomic E-state index is 11.9. The lowest BCUT2D eigenvalue weighted by Crippen LogP contribution is -2.44. The van der Waals surface area contributed by atoms with E-state index in [1.807, 2.05) is 0 Å². The Labute approximate surface area is 105 Å². The predicted molar refractivity (Wildman–Crippen MR) is 65.0 cm³/mol. The van der Waals surface area contributed by atoms with Gasteiger partial charge in [-0.25, -0.2) is 4.79 Å². The van der Waals surface area contributed by atoms with E-state index in [0.29, 0.717) is 11.5 Å². The van der Waals surface area contributed by atoms with Gasteiger partial charge in [0.05, 0.1) is 12.0 Å². The first-order valence-corrected chi connectivity index (χ1v) is 6.20. The number of amides is 1. The Bertz CT molecular complexity index is 283. The summed E-state index contributed by atoms with van der Waals surface area (Å²) in [7, 11) is 0. The number of carboxylic acid groups (broad SMARTS) is 1. The minimum atomic E-state index is -1.08. The Morgan fingerprint density at radius 3 is 2.38 bits per heavy atom. The van der Waals surface area contributed by atoms with Crippen LogP contribution in [0.15, 0.2) is 0 Å². The van der Waals surface area contributed by atoms with Crippen molar-refractivity contribution in [2.24, 2.45) is 5.92 Å². The molecule has 0 aromatic rings. The highest BCUT2D eigenvalue weighted by Gasteiger charge is 2.40. The van der Waals surface area contributed by atoms with Gasteiger partial charge in [-0.2, -0.15) is 25.3 Å². The van der Waals surface area contributed by atoms with Crippen molar-refractivity contribution in [3.63, 3.8) is 0 Å². The first kappa shape index (κ1) is 13.7. The molecule has 1 fully saturated rings. The predicted octanol–water partition coefficient (Wildman–Crippen LogP) is -0.491. The summed E-state index contributed by atoms with van der Waals surface area (Å²) in [5.74, 6) is -1.14. The summed E-state index contributed by atoms with van der Waals surface area (Å²) in [5, 5.41) is 18.3. The number of carboxylic acids is 1. The molecule has 0 aliphatic carbocycles. The van der Waals surface area contributed by atoms with Crippen molar-refractivity contribution in [2.75, 3.05) is 18.1 Å². The summed E-state index contributed by atoms with van der Waals surface area (Å²) < 4.78 is 0. The Hall–Kier alpha value is -0.400. The molecule has 1 heterocycles. The van der Waals surface area contributed by atoms with E-state index in [1.54, 1.807) is 0 Å². The molecule has 1 amide bonds. The van der Waals surface area contributed by atoms with Gasteiger partial charge in [-0.3, -0.25) is 4.79 Å². The average molecular weight is 265 g/mol. The van der Waals surface area contributed by atoms with Gasteiger partial charge in [0, 0.05) is 24.5 Å². The summed E-state index contributed by atoms with van der Waals surface area (Å²) in [6.07, 6.45) is -0.669. The molecule has 1 aliphatic rings. The number of aliphatic hydroxyl groups is 1. The molecule has 2 atom stereocenters. The van der Waals surface area contributed by atoms with Gasteiger partial charge < -0.3 is 15.1 Å². The Morgan fingerprint density at radius 1 is 1.38 bits per heavy atom. The molecular weight excluding hydrogens is 250 g/mol. The fourth-order valence-corrected chi connectivity index (χ4v) is 2.51. The molecular formula is C9H15NO4S2. The summed E-state index contributed by atoms with van der Waals surface area (Å²) in [6.45, 7) is 0.0772. The van der Waals surface area contributed by atoms with Crippen molar-refractivity contribution in [1.82, 2.24) is 4.90 Å². The molecule has 5 nitrogen and oxygen atoms in total. The lowest BCUT2D eigenvalue weighted by molar-refractivity contribution is -0.149. The lowest BCUT2D eigenvalue weighted by Gasteiger charge is -2.24. The van der Waals surface area contributed by atoms with E-state index in [2.05, 4.69) is 25.3 Å². The topological polar surface area (TPSA) is 77.8 Å². The number of aliphatic hydroxyl groups excluding tert-OH is 1. The van der Waals surface area contributed by atoms with E-state index in [-0.39, 0.29) is 18.9 Å². The Balaban J connectivity index is 2.77. The van der Waals surface area contributed by atoms with Crippen LogP contribution in [0.3, 0.4) is 0 Å². The second-order valence-electron chi connectivity index (χ2n) is 3.80. The third-order valence-electron chi connectivity index (χ3n) is 2.64. The van der Waals surface area contributed by atoms with Gasteiger partial charge in [0.25, 0.3) is 0 Å². The van der Waals surface area contributed by atoms with Crippen LogP contribution in [0, 0.1) is 5.92 Å². The maximum Gasteiger partial charge on any atom is 0.326 e. The number of carbonyl (C=O) groups is 2. The number of hydrogen-bond donors (Lipinski definition) is 4. The summed E-state index contributed by atoms with van der Waals surface area (Å²) >= 11 is 8.05. The zero-order chi connectivity index (χ0) is 12.3. The SMILES string of the molecule is O=C(O)[C@@H]1CC(O)CN1C(=O)C(CS)CS. The van der Waals surface area contributed by atoms with Crippen LogP contribution in [0.2, 0.25) is 0 Å². The van der Waals surface area contributed by atoms with Crippen LogP contribution in [0.4, 0.5) is 0 Å². The minimum Gasteiger partial charge on any atom is -0.480 e. The van der Waals surface area contributed by atoms with Crippen LogP contribution in [-0.4, -0.2) is 57.2 Å². The summed E-state index contributed by atoms with van der Waals surface area (Å²) in [4.78, 5) is 24.1. The zero-order valence-electron chi connectivity index (χ0n) is 8.61. The van der Waals surface area contributed by atoms with Gasteiger partial charge in [0.2, 0.25) is 5.91 Å². The van der Waals surface area contributed by atoms with Crippen molar-refractivity contribution < 1.29 is 19.8 Å². The van der Waals surface area contributed by atoms with Crippen LogP contribution in [0.25, 0.3) is 0 Å². The number of rotatable bonds is 4. The number of β-amino-alcohol motifs (C(OH)–C–C–N with tert-alkyl or cyclic N) is 1. The molecule has 92 valence electrons. The molecule has 0 bridgehead atoms. The quantitative estimate of drug-likeness (QED) is 0.517. The molecule has 0 aromatic heterocycles. The van der Waals surface area contributed by atoms with E-state index in [4.69, 9.17) is 5.11 Å². The third kappa shape index (κ3) is 2.83. The summed E-state index contributed by atoms with van der Waals surface area (Å²) in [6, 6.07) is -0.926. The van der Waals surface area contributed by atoms with E-state index in [0.717, 1.165) is 0 Å². The first-order valence-electron chi connectivity index (χ1n) is 4.94. The van der Waals surface area contributed by atoms with Gasteiger partial charge in [0.15, 0.2) is 0 Å². The second-order valence-corrected chi connectivity index (χ2v) is 4.53.